The maximum atomic E-state index is 12.9. The number of rotatable bonds is 4. The van der Waals surface area contributed by atoms with Gasteiger partial charge < -0.3 is 20.3 Å². The normalized spacial score (nSPS) is 18.6. The molecule has 0 saturated carbocycles. The van der Waals surface area contributed by atoms with Gasteiger partial charge in [0, 0.05) is 25.2 Å². The topological polar surface area (TPSA) is 116 Å². The summed E-state index contributed by atoms with van der Waals surface area (Å²) in [4.78, 5) is 47.1. The van der Waals surface area contributed by atoms with Crippen molar-refractivity contribution in [3.63, 3.8) is 0 Å². The Morgan fingerprint density at radius 1 is 1.17 bits per heavy atom. The molecule has 29 heavy (non-hydrogen) atoms. The van der Waals surface area contributed by atoms with Gasteiger partial charge in [0.25, 0.3) is 5.56 Å². The third kappa shape index (κ3) is 3.94. The van der Waals surface area contributed by atoms with E-state index in [1.165, 1.54) is 0 Å². The fourth-order valence-corrected chi connectivity index (χ4v) is 3.74. The summed E-state index contributed by atoms with van der Waals surface area (Å²) in [5, 5.41) is 5.41. The number of fused-ring (bicyclic) bond motifs is 1. The molecule has 4 rings (SSSR count). The van der Waals surface area contributed by atoms with E-state index >= 15 is 0 Å². The quantitative estimate of drug-likeness (QED) is 0.725. The second-order valence-electron chi connectivity index (χ2n) is 7.22. The molecule has 1 aromatic carbocycles. The third-order valence-electron chi connectivity index (χ3n) is 5.27. The Kier molecular flexibility index (Phi) is 5.20. The molecule has 2 aromatic rings. The van der Waals surface area contributed by atoms with Crippen LogP contribution in [0.4, 0.5) is 17.5 Å². The molecule has 3 heterocycles. The van der Waals surface area contributed by atoms with Crippen LogP contribution in [0, 0.1) is 0 Å². The Labute approximate surface area is 167 Å². The molecule has 0 aliphatic carbocycles. The van der Waals surface area contributed by atoms with Crippen molar-refractivity contribution in [3.8, 4) is 5.75 Å². The number of hydrogen-bond donors (Lipinski definition) is 3. The summed E-state index contributed by atoms with van der Waals surface area (Å²) >= 11 is 0. The molecule has 1 aromatic heterocycles. The highest BCUT2D eigenvalue weighted by Crippen LogP contribution is 2.30. The first kappa shape index (κ1) is 19.0. The summed E-state index contributed by atoms with van der Waals surface area (Å²) in [6, 6.07) is 6.83. The van der Waals surface area contributed by atoms with Crippen LogP contribution in [-0.2, 0) is 9.59 Å². The van der Waals surface area contributed by atoms with E-state index in [1.54, 1.807) is 31.4 Å². The Balaban J connectivity index is 1.61. The first-order chi connectivity index (χ1) is 14.0. The van der Waals surface area contributed by atoms with Crippen LogP contribution in [0.15, 0.2) is 29.1 Å². The van der Waals surface area contributed by atoms with Crippen molar-refractivity contribution in [3.05, 3.63) is 40.2 Å². The van der Waals surface area contributed by atoms with E-state index < -0.39 is 17.4 Å². The summed E-state index contributed by atoms with van der Waals surface area (Å²) in [7, 11) is 1.56. The molecular formula is C20H23N5O4. The largest absolute Gasteiger partial charge is 0.497 e. The number of nitrogens with zero attached hydrogens (tertiary/aromatic N) is 2. The molecule has 2 aliphatic rings. The minimum absolute atomic E-state index is 0.108. The molecule has 152 valence electrons. The lowest BCUT2D eigenvalue weighted by molar-refractivity contribution is -0.123. The number of nitrogens with one attached hydrogen (secondary N) is 3. The molecule has 9 nitrogen and oxygen atoms in total. The van der Waals surface area contributed by atoms with E-state index in [2.05, 4.69) is 20.6 Å². The Morgan fingerprint density at radius 2 is 1.90 bits per heavy atom. The number of carbonyl (C=O) groups excluding carboxylic acids is 2. The fraction of sp³-hybridized carbons (Fsp3) is 0.400. The average Bonchev–Trinajstić information content (AvgIpc) is 2.74. The highest BCUT2D eigenvalue weighted by Gasteiger charge is 2.35. The van der Waals surface area contributed by atoms with Crippen LogP contribution in [0.25, 0.3) is 0 Å². The molecule has 1 saturated heterocycles. The lowest BCUT2D eigenvalue weighted by Crippen LogP contribution is -2.38. The molecule has 2 amide bonds. The zero-order chi connectivity index (χ0) is 20.4. The first-order valence-electron chi connectivity index (χ1n) is 9.69. The van der Waals surface area contributed by atoms with E-state index in [-0.39, 0.29) is 23.7 Å². The fourth-order valence-electron chi connectivity index (χ4n) is 3.74. The monoisotopic (exact) mass is 397 g/mol. The van der Waals surface area contributed by atoms with Crippen LogP contribution in [0.3, 0.4) is 0 Å². The van der Waals surface area contributed by atoms with Gasteiger partial charge in [-0.1, -0.05) is 0 Å². The van der Waals surface area contributed by atoms with Crippen LogP contribution in [0.1, 0.15) is 37.2 Å². The number of hydrogen-bond acceptors (Lipinski definition) is 6. The standard InChI is InChI=1S/C20H23N5O4/c1-29-13-7-5-12(6-8-13)21-18(27)14-11-15(26)22-17-16(14)19(28)24-20(23-17)25-9-3-2-4-10-25/h5-8,14H,2-4,9-11H2,1H3,(H,21,27)(H2,22,23,24,26,28). The van der Waals surface area contributed by atoms with Crippen LogP contribution >= 0.6 is 0 Å². The number of amides is 2. The number of methoxy groups -OCH3 is 1. The van der Waals surface area contributed by atoms with E-state index in [9.17, 15) is 14.4 Å². The van der Waals surface area contributed by atoms with Gasteiger partial charge in [-0.15, -0.1) is 0 Å². The maximum Gasteiger partial charge on any atom is 0.258 e. The van der Waals surface area contributed by atoms with Crippen LogP contribution in [0.5, 0.6) is 5.75 Å². The highest BCUT2D eigenvalue weighted by molar-refractivity contribution is 6.04. The number of ether oxygens (including phenoxy) is 1. The van der Waals surface area contributed by atoms with Crippen molar-refractivity contribution < 1.29 is 14.3 Å². The van der Waals surface area contributed by atoms with Gasteiger partial charge in [-0.2, -0.15) is 4.98 Å². The van der Waals surface area contributed by atoms with Crippen molar-refractivity contribution in [2.24, 2.45) is 0 Å². The van der Waals surface area contributed by atoms with Crippen molar-refractivity contribution in [1.29, 1.82) is 0 Å². The molecule has 1 unspecified atom stereocenters. The second-order valence-corrected chi connectivity index (χ2v) is 7.22. The molecule has 1 fully saturated rings. The lowest BCUT2D eigenvalue weighted by atomic mass is 9.92. The molecule has 0 spiro atoms. The number of benzene rings is 1. The van der Waals surface area contributed by atoms with Gasteiger partial charge in [-0.3, -0.25) is 19.4 Å². The zero-order valence-corrected chi connectivity index (χ0v) is 16.2. The number of carbonyl (C=O) groups is 2. The van der Waals surface area contributed by atoms with Crippen molar-refractivity contribution >= 4 is 29.3 Å². The molecule has 3 N–H and O–H groups in total. The summed E-state index contributed by atoms with van der Waals surface area (Å²) < 4.78 is 5.10. The summed E-state index contributed by atoms with van der Waals surface area (Å²) in [6.45, 7) is 1.61. The summed E-state index contributed by atoms with van der Waals surface area (Å²) in [6.07, 6.45) is 3.10. The zero-order valence-electron chi connectivity index (χ0n) is 16.2. The Morgan fingerprint density at radius 3 is 2.59 bits per heavy atom. The van der Waals surface area contributed by atoms with Gasteiger partial charge in [0.15, 0.2) is 0 Å². The van der Waals surface area contributed by atoms with E-state index in [0.29, 0.717) is 17.4 Å². The number of anilines is 3. The number of aromatic amines is 1. The van der Waals surface area contributed by atoms with Gasteiger partial charge in [0.1, 0.15) is 11.6 Å². The molecule has 0 bridgehead atoms. The van der Waals surface area contributed by atoms with Crippen molar-refractivity contribution in [1.82, 2.24) is 9.97 Å². The van der Waals surface area contributed by atoms with Crippen molar-refractivity contribution in [2.75, 3.05) is 35.7 Å². The van der Waals surface area contributed by atoms with Crippen LogP contribution in [-0.4, -0.2) is 42.0 Å². The lowest BCUT2D eigenvalue weighted by Gasteiger charge is -2.29. The first-order valence-corrected chi connectivity index (χ1v) is 9.69. The SMILES string of the molecule is COc1ccc(NC(=O)C2CC(=O)Nc3nc(N4CCCCC4)[nH]c(=O)c32)cc1. The maximum absolute atomic E-state index is 12.9. The van der Waals surface area contributed by atoms with Crippen LogP contribution < -0.4 is 25.8 Å². The van der Waals surface area contributed by atoms with Gasteiger partial charge in [-0.25, -0.2) is 0 Å². The minimum atomic E-state index is -0.910. The average molecular weight is 397 g/mol. The Hall–Kier alpha value is -3.36. The van der Waals surface area contributed by atoms with Gasteiger partial charge in [0.2, 0.25) is 17.8 Å². The molecular weight excluding hydrogens is 374 g/mol. The molecule has 2 aliphatic heterocycles. The predicted octanol–water partition coefficient (Wildman–Crippen LogP) is 1.83. The second kappa shape index (κ2) is 7.94. The smallest absolute Gasteiger partial charge is 0.258 e. The van der Waals surface area contributed by atoms with Gasteiger partial charge >= 0.3 is 0 Å². The van der Waals surface area contributed by atoms with Gasteiger partial charge in [-0.05, 0) is 43.5 Å². The highest BCUT2D eigenvalue weighted by atomic mass is 16.5. The number of H-pyrrole nitrogens is 1. The van der Waals surface area contributed by atoms with E-state index in [4.69, 9.17) is 4.74 Å². The summed E-state index contributed by atoms with van der Waals surface area (Å²) in [5.74, 6) is -0.409. The molecule has 9 heteroatoms. The molecule has 0 radical (unpaired) electrons. The minimum Gasteiger partial charge on any atom is -0.497 e. The molecule has 1 atom stereocenters. The summed E-state index contributed by atoms with van der Waals surface area (Å²) in [5.41, 5.74) is 0.347. The Bertz CT molecular complexity index is 979. The van der Waals surface area contributed by atoms with E-state index in [0.717, 1.165) is 32.4 Å². The van der Waals surface area contributed by atoms with Crippen molar-refractivity contribution in [2.45, 2.75) is 31.6 Å². The predicted molar refractivity (Wildman–Crippen MR) is 109 cm³/mol. The number of aromatic nitrogens is 2. The third-order valence-corrected chi connectivity index (χ3v) is 5.27. The van der Waals surface area contributed by atoms with Crippen LogP contribution in [0.2, 0.25) is 0 Å². The van der Waals surface area contributed by atoms with E-state index in [1.807, 2.05) is 4.90 Å². The number of piperidine rings is 1. The van der Waals surface area contributed by atoms with Gasteiger partial charge in [0.05, 0.1) is 18.6 Å².